The van der Waals surface area contributed by atoms with Crippen LogP contribution in [0.2, 0.25) is 0 Å². The highest BCUT2D eigenvalue weighted by Crippen LogP contribution is 2.43. The second kappa shape index (κ2) is 7.21. The van der Waals surface area contributed by atoms with Crippen molar-refractivity contribution in [1.82, 2.24) is 0 Å². The van der Waals surface area contributed by atoms with E-state index in [1.54, 1.807) is 12.1 Å². The van der Waals surface area contributed by atoms with Crippen molar-refractivity contribution in [3.8, 4) is 5.75 Å². The zero-order valence-corrected chi connectivity index (χ0v) is 16.0. The molecule has 0 bridgehead atoms. The Morgan fingerprint density at radius 1 is 0.828 bits per heavy atom. The summed E-state index contributed by atoms with van der Waals surface area (Å²) in [5, 5.41) is 13.3. The van der Waals surface area contributed by atoms with Crippen molar-refractivity contribution < 1.29 is 9.90 Å². The standard InChI is InChI=1S/C25H22N2O2/c28-19-12-10-17(11-13-19)25-24-22(26-20-8-4-5-9-21(20)27-25)14-18(15-23(24)29)16-6-2-1-3-7-16/h1-13,18,24-25,27-28H,14-15H2. The molecule has 2 aliphatic rings. The Balaban J connectivity index is 1.60. The molecule has 3 aromatic rings. The number of hydrogen-bond donors (Lipinski definition) is 2. The third-order valence-corrected chi connectivity index (χ3v) is 5.94. The van der Waals surface area contributed by atoms with Crippen molar-refractivity contribution in [1.29, 1.82) is 0 Å². The number of carbonyl (C=O) groups is 1. The second-order valence-corrected chi connectivity index (χ2v) is 7.79. The maximum atomic E-state index is 13.4. The van der Waals surface area contributed by atoms with Gasteiger partial charge in [-0.3, -0.25) is 9.79 Å². The van der Waals surface area contributed by atoms with E-state index in [4.69, 9.17) is 4.99 Å². The summed E-state index contributed by atoms with van der Waals surface area (Å²) in [7, 11) is 0. The molecule has 0 spiro atoms. The Morgan fingerprint density at radius 2 is 1.55 bits per heavy atom. The molecule has 1 aliphatic carbocycles. The van der Waals surface area contributed by atoms with Crippen molar-refractivity contribution in [2.24, 2.45) is 10.9 Å². The van der Waals surface area contributed by atoms with Crippen molar-refractivity contribution >= 4 is 22.9 Å². The van der Waals surface area contributed by atoms with E-state index in [1.807, 2.05) is 54.6 Å². The zero-order valence-electron chi connectivity index (χ0n) is 16.0. The van der Waals surface area contributed by atoms with E-state index in [1.165, 1.54) is 5.56 Å². The molecule has 4 nitrogen and oxygen atoms in total. The minimum absolute atomic E-state index is 0.157. The predicted octanol–water partition coefficient (Wildman–Crippen LogP) is 5.39. The van der Waals surface area contributed by atoms with E-state index < -0.39 is 0 Å². The molecule has 0 saturated heterocycles. The van der Waals surface area contributed by atoms with Crippen LogP contribution in [0.15, 0.2) is 83.9 Å². The molecule has 1 fully saturated rings. The number of phenolic OH excluding ortho intramolecular Hbond substituents is 1. The van der Waals surface area contributed by atoms with Gasteiger partial charge in [0.1, 0.15) is 11.5 Å². The minimum Gasteiger partial charge on any atom is -0.508 e. The van der Waals surface area contributed by atoms with Crippen LogP contribution in [0.3, 0.4) is 0 Å². The number of para-hydroxylation sites is 2. The number of rotatable bonds is 2. The van der Waals surface area contributed by atoms with Gasteiger partial charge in [0.25, 0.3) is 0 Å². The summed E-state index contributed by atoms with van der Waals surface area (Å²) in [6.45, 7) is 0. The van der Waals surface area contributed by atoms with Gasteiger partial charge in [-0.2, -0.15) is 0 Å². The summed E-state index contributed by atoms with van der Waals surface area (Å²) >= 11 is 0. The predicted molar refractivity (Wildman–Crippen MR) is 115 cm³/mol. The van der Waals surface area contributed by atoms with E-state index in [0.29, 0.717) is 6.42 Å². The third kappa shape index (κ3) is 3.31. The number of anilines is 1. The van der Waals surface area contributed by atoms with E-state index in [0.717, 1.165) is 29.1 Å². The lowest BCUT2D eigenvalue weighted by Gasteiger charge is -2.34. The third-order valence-electron chi connectivity index (χ3n) is 5.94. The number of nitrogens with one attached hydrogen (secondary N) is 1. The van der Waals surface area contributed by atoms with Gasteiger partial charge in [-0.1, -0.05) is 54.6 Å². The van der Waals surface area contributed by atoms with E-state index in [9.17, 15) is 9.90 Å². The molecule has 2 N–H and O–H groups in total. The molecule has 144 valence electrons. The molecular weight excluding hydrogens is 360 g/mol. The number of benzene rings is 3. The zero-order chi connectivity index (χ0) is 19.8. The van der Waals surface area contributed by atoms with E-state index in [2.05, 4.69) is 17.4 Å². The van der Waals surface area contributed by atoms with Gasteiger partial charge in [0.05, 0.1) is 23.3 Å². The smallest absolute Gasteiger partial charge is 0.144 e. The number of aliphatic imine (C=N–C) groups is 1. The molecule has 1 heterocycles. The fourth-order valence-corrected chi connectivity index (χ4v) is 4.52. The molecule has 29 heavy (non-hydrogen) atoms. The first-order valence-corrected chi connectivity index (χ1v) is 9.98. The van der Waals surface area contributed by atoms with Gasteiger partial charge in [0, 0.05) is 12.1 Å². The highest BCUT2D eigenvalue weighted by molar-refractivity contribution is 6.10. The number of nitrogens with zero attached hydrogens (tertiary/aromatic N) is 1. The summed E-state index contributed by atoms with van der Waals surface area (Å²) in [6, 6.07) is 25.1. The van der Waals surface area contributed by atoms with Crippen LogP contribution in [0.5, 0.6) is 5.75 Å². The molecule has 3 aromatic carbocycles. The number of phenols is 1. The monoisotopic (exact) mass is 382 g/mol. The summed E-state index contributed by atoms with van der Waals surface area (Å²) < 4.78 is 0. The van der Waals surface area contributed by atoms with Crippen LogP contribution in [0.25, 0.3) is 0 Å². The van der Waals surface area contributed by atoms with Crippen molar-refractivity contribution in [3.63, 3.8) is 0 Å². The molecule has 4 heteroatoms. The maximum absolute atomic E-state index is 13.4. The number of ketones is 1. The Hall–Kier alpha value is -3.40. The molecule has 1 saturated carbocycles. The van der Waals surface area contributed by atoms with E-state index >= 15 is 0 Å². The van der Waals surface area contributed by atoms with Crippen LogP contribution in [-0.2, 0) is 4.79 Å². The van der Waals surface area contributed by atoms with Crippen LogP contribution in [0.4, 0.5) is 11.4 Å². The van der Waals surface area contributed by atoms with Crippen LogP contribution in [-0.4, -0.2) is 16.6 Å². The van der Waals surface area contributed by atoms with Crippen LogP contribution < -0.4 is 5.32 Å². The largest absolute Gasteiger partial charge is 0.508 e. The average Bonchev–Trinajstić information content (AvgIpc) is 2.92. The van der Waals surface area contributed by atoms with Gasteiger partial charge in [0.15, 0.2) is 0 Å². The quantitative estimate of drug-likeness (QED) is 0.624. The maximum Gasteiger partial charge on any atom is 0.144 e. The fraction of sp³-hybridized carbons (Fsp3) is 0.200. The van der Waals surface area contributed by atoms with Crippen molar-refractivity contribution in [2.75, 3.05) is 5.32 Å². The second-order valence-electron chi connectivity index (χ2n) is 7.79. The highest BCUT2D eigenvalue weighted by Gasteiger charge is 2.41. The molecule has 3 atom stereocenters. The van der Waals surface area contributed by atoms with Gasteiger partial charge in [-0.05, 0) is 47.7 Å². The first-order chi connectivity index (χ1) is 14.2. The first kappa shape index (κ1) is 17.7. The molecule has 1 aliphatic heterocycles. The van der Waals surface area contributed by atoms with Crippen LogP contribution >= 0.6 is 0 Å². The van der Waals surface area contributed by atoms with Gasteiger partial charge in [-0.25, -0.2) is 0 Å². The van der Waals surface area contributed by atoms with Gasteiger partial charge < -0.3 is 10.4 Å². The minimum atomic E-state index is -0.313. The Morgan fingerprint density at radius 3 is 2.34 bits per heavy atom. The molecule has 3 unspecified atom stereocenters. The number of hydrogen-bond acceptors (Lipinski definition) is 4. The van der Waals surface area contributed by atoms with Gasteiger partial charge in [-0.15, -0.1) is 0 Å². The molecule has 0 aromatic heterocycles. The van der Waals surface area contributed by atoms with Crippen LogP contribution in [0.1, 0.15) is 35.9 Å². The number of Topliss-reactive ketones (excluding diaryl/α,β-unsaturated/α-hetero) is 1. The summed E-state index contributed by atoms with van der Waals surface area (Å²) in [5.41, 5.74) is 4.90. The fourth-order valence-electron chi connectivity index (χ4n) is 4.52. The van der Waals surface area contributed by atoms with Gasteiger partial charge in [0.2, 0.25) is 0 Å². The lowest BCUT2D eigenvalue weighted by molar-refractivity contribution is -0.122. The summed E-state index contributed by atoms with van der Waals surface area (Å²) in [4.78, 5) is 18.4. The van der Waals surface area contributed by atoms with Gasteiger partial charge >= 0.3 is 0 Å². The lowest BCUT2D eigenvalue weighted by Crippen LogP contribution is -2.38. The Bertz CT molecular complexity index is 1070. The molecular formula is C25H22N2O2. The summed E-state index contributed by atoms with van der Waals surface area (Å²) in [6.07, 6.45) is 1.28. The Labute approximate surface area is 169 Å². The first-order valence-electron chi connectivity index (χ1n) is 9.98. The number of aromatic hydroxyl groups is 1. The van der Waals surface area contributed by atoms with Crippen molar-refractivity contribution in [3.05, 3.63) is 90.0 Å². The molecule has 0 radical (unpaired) electrons. The highest BCUT2D eigenvalue weighted by atomic mass is 16.3. The SMILES string of the molecule is O=C1CC(c2ccccc2)CC2=Nc3ccccc3NC(c3ccc(O)cc3)C12. The lowest BCUT2D eigenvalue weighted by atomic mass is 9.72. The molecule has 0 amide bonds. The van der Waals surface area contributed by atoms with Crippen LogP contribution in [0, 0.1) is 5.92 Å². The average molecular weight is 382 g/mol. The Kier molecular flexibility index (Phi) is 4.39. The van der Waals surface area contributed by atoms with E-state index in [-0.39, 0.29) is 29.4 Å². The normalized spacial score (nSPS) is 23.2. The number of carbonyl (C=O) groups excluding carboxylic acids is 1. The molecule has 5 rings (SSSR count). The van der Waals surface area contributed by atoms with Crippen molar-refractivity contribution in [2.45, 2.75) is 24.8 Å². The summed E-state index contributed by atoms with van der Waals surface area (Å²) in [5.74, 6) is 0.273. The number of fused-ring (bicyclic) bond motifs is 2. The topological polar surface area (TPSA) is 61.7 Å².